The van der Waals surface area contributed by atoms with Crippen LogP contribution in [0.4, 0.5) is 0 Å². The van der Waals surface area contributed by atoms with Crippen molar-refractivity contribution in [2.75, 3.05) is 6.54 Å². The molecule has 0 radical (unpaired) electrons. The summed E-state index contributed by atoms with van der Waals surface area (Å²) in [5, 5.41) is 13.9. The Morgan fingerprint density at radius 1 is 1.64 bits per heavy atom. The lowest BCUT2D eigenvalue weighted by Gasteiger charge is -2.18. The van der Waals surface area contributed by atoms with Crippen molar-refractivity contribution in [3.05, 3.63) is 5.21 Å². The van der Waals surface area contributed by atoms with Gasteiger partial charge in [-0.25, -0.2) is 4.74 Å². The summed E-state index contributed by atoms with van der Waals surface area (Å²) >= 11 is 0. The number of hydrogen-bond acceptors (Lipinski definition) is 2. The van der Waals surface area contributed by atoms with Gasteiger partial charge in [-0.3, -0.25) is 4.79 Å². The molecule has 1 N–H and O–H groups in total. The molecule has 1 fully saturated rings. The van der Waals surface area contributed by atoms with Crippen molar-refractivity contribution in [2.24, 2.45) is 0 Å². The van der Waals surface area contributed by atoms with E-state index in [4.69, 9.17) is 0 Å². The van der Waals surface area contributed by atoms with E-state index in [0.29, 0.717) is 19.4 Å². The highest BCUT2D eigenvalue weighted by Gasteiger charge is 2.52. The van der Waals surface area contributed by atoms with E-state index in [9.17, 15) is 10.0 Å². The van der Waals surface area contributed by atoms with E-state index in [1.54, 1.807) is 6.21 Å². The molecule has 2 rings (SSSR count). The molecule has 4 heteroatoms. The first-order valence-corrected chi connectivity index (χ1v) is 3.84. The Kier molecular flexibility index (Phi) is 1.19. The third-order valence-corrected chi connectivity index (χ3v) is 2.52. The zero-order chi connectivity index (χ0) is 7.90. The normalized spacial score (nSPS) is 36.0. The maximum atomic E-state index is 11.2. The van der Waals surface area contributed by atoms with Crippen molar-refractivity contribution in [2.45, 2.75) is 24.8 Å². The lowest BCUT2D eigenvalue weighted by molar-refractivity contribution is -0.517. The topological polar surface area (TPSA) is 55.2 Å². The Morgan fingerprint density at radius 3 is 2.91 bits per heavy atom. The summed E-state index contributed by atoms with van der Waals surface area (Å²) < 4.78 is 0.829. The van der Waals surface area contributed by atoms with Gasteiger partial charge in [0, 0.05) is 25.8 Å². The van der Waals surface area contributed by atoms with Crippen LogP contribution in [0, 0.1) is 5.21 Å². The first kappa shape index (κ1) is 6.64. The standard InChI is InChI=1S/C7H10N2O2/c10-6-7(3-4-8-6)2-1-5-9(7)11/h5H,1-4H2,(H,8,10). The van der Waals surface area contributed by atoms with Gasteiger partial charge in [0.1, 0.15) is 0 Å². The van der Waals surface area contributed by atoms with Crippen molar-refractivity contribution < 1.29 is 9.53 Å². The number of hydrogen-bond donors (Lipinski definition) is 1. The molecule has 11 heavy (non-hydrogen) atoms. The number of carbonyl (C=O) groups excluding carboxylic acids is 1. The average Bonchev–Trinajstić information content (AvgIpc) is 2.48. The predicted molar refractivity (Wildman–Crippen MR) is 39.3 cm³/mol. The molecule has 1 saturated heterocycles. The number of amides is 1. The molecule has 0 aliphatic carbocycles. The average molecular weight is 154 g/mol. The van der Waals surface area contributed by atoms with Crippen LogP contribution in [0.25, 0.3) is 0 Å². The second-order valence-electron chi connectivity index (χ2n) is 3.08. The van der Waals surface area contributed by atoms with Crippen LogP contribution in [0.1, 0.15) is 19.3 Å². The molecule has 0 aromatic rings. The molecule has 1 atom stereocenters. The van der Waals surface area contributed by atoms with E-state index < -0.39 is 5.54 Å². The molecule has 1 amide bonds. The smallest absolute Gasteiger partial charge is 0.293 e. The summed E-state index contributed by atoms with van der Waals surface area (Å²) in [6.07, 6.45) is 3.63. The zero-order valence-corrected chi connectivity index (χ0v) is 6.17. The van der Waals surface area contributed by atoms with Gasteiger partial charge in [-0.05, 0) is 0 Å². The summed E-state index contributed by atoms with van der Waals surface area (Å²) in [4.78, 5) is 11.2. The minimum absolute atomic E-state index is 0.0961. The maximum Gasteiger partial charge on any atom is 0.293 e. The molecule has 2 heterocycles. The number of nitrogens with zero attached hydrogens (tertiary/aromatic N) is 1. The van der Waals surface area contributed by atoms with Crippen LogP contribution in [-0.2, 0) is 4.79 Å². The second kappa shape index (κ2) is 1.96. The molecule has 1 unspecified atom stereocenters. The molecule has 1 spiro atoms. The molecule has 0 aromatic heterocycles. The van der Waals surface area contributed by atoms with Gasteiger partial charge in [-0.1, -0.05) is 0 Å². The van der Waals surface area contributed by atoms with E-state index in [1.807, 2.05) is 0 Å². The van der Waals surface area contributed by atoms with Crippen molar-refractivity contribution in [1.29, 1.82) is 0 Å². The SMILES string of the molecule is O=C1NCCC12CCC=[N+]2[O-]. The molecule has 0 bridgehead atoms. The summed E-state index contributed by atoms with van der Waals surface area (Å²) in [6, 6.07) is 0. The fraction of sp³-hybridized carbons (Fsp3) is 0.714. The molecule has 2 aliphatic heterocycles. The van der Waals surface area contributed by atoms with Gasteiger partial charge in [0.2, 0.25) is 0 Å². The molecule has 0 aromatic carbocycles. The quantitative estimate of drug-likeness (QED) is 0.382. The second-order valence-corrected chi connectivity index (χ2v) is 3.08. The summed E-state index contributed by atoms with van der Waals surface area (Å²) in [5.74, 6) is -0.0961. The monoisotopic (exact) mass is 154 g/mol. The van der Waals surface area contributed by atoms with E-state index in [2.05, 4.69) is 5.32 Å². The molecule has 4 nitrogen and oxygen atoms in total. The fourth-order valence-corrected chi connectivity index (χ4v) is 1.82. The minimum Gasteiger partial charge on any atom is -0.623 e. The largest absolute Gasteiger partial charge is 0.623 e. The summed E-state index contributed by atoms with van der Waals surface area (Å²) in [5.41, 5.74) is -0.722. The number of nitrogens with one attached hydrogen (secondary N) is 1. The Labute approximate surface area is 64.5 Å². The number of rotatable bonds is 0. The van der Waals surface area contributed by atoms with E-state index in [-0.39, 0.29) is 5.91 Å². The number of hydroxylamine groups is 1. The molecular formula is C7H10N2O2. The Bertz CT molecular complexity index is 237. The summed E-state index contributed by atoms with van der Waals surface area (Å²) in [6.45, 7) is 0.644. The lowest BCUT2D eigenvalue weighted by atomic mass is 9.95. The van der Waals surface area contributed by atoms with E-state index >= 15 is 0 Å². The first-order chi connectivity index (χ1) is 5.26. The third-order valence-electron chi connectivity index (χ3n) is 2.52. The third kappa shape index (κ3) is 0.692. The Balaban J connectivity index is 2.35. The van der Waals surface area contributed by atoms with Gasteiger partial charge in [0.25, 0.3) is 11.4 Å². The summed E-state index contributed by atoms with van der Waals surface area (Å²) in [7, 11) is 0. The van der Waals surface area contributed by atoms with Crippen LogP contribution in [0.5, 0.6) is 0 Å². The van der Waals surface area contributed by atoms with Gasteiger partial charge in [-0.2, -0.15) is 0 Å². The van der Waals surface area contributed by atoms with Crippen LogP contribution < -0.4 is 5.32 Å². The zero-order valence-electron chi connectivity index (χ0n) is 6.17. The highest BCUT2D eigenvalue weighted by atomic mass is 16.5. The van der Waals surface area contributed by atoms with Gasteiger partial charge in [0.15, 0.2) is 6.21 Å². The molecule has 60 valence electrons. The van der Waals surface area contributed by atoms with Crippen molar-refractivity contribution in [3.8, 4) is 0 Å². The van der Waals surface area contributed by atoms with Gasteiger partial charge in [0.05, 0.1) is 0 Å². The van der Waals surface area contributed by atoms with E-state index in [0.717, 1.165) is 11.2 Å². The highest BCUT2D eigenvalue weighted by molar-refractivity contribution is 5.88. The van der Waals surface area contributed by atoms with E-state index in [1.165, 1.54) is 0 Å². The molecule has 0 saturated carbocycles. The highest BCUT2D eigenvalue weighted by Crippen LogP contribution is 2.28. The van der Waals surface area contributed by atoms with Crippen LogP contribution in [-0.4, -0.2) is 28.9 Å². The van der Waals surface area contributed by atoms with Crippen molar-refractivity contribution >= 4 is 12.1 Å². The van der Waals surface area contributed by atoms with Crippen LogP contribution >= 0.6 is 0 Å². The van der Waals surface area contributed by atoms with Crippen LogP contribution in [0.2, 0.25) is 0 Å². The molecule has 2 aliphatic rings. The first-order valence-electron chi connectivity index (χ1n) is 3.84. The Hall–Kier alpha value is -1.06. The van der Waals surface area contributed by atoms with Crippen LogP contribution in [0.15, 0.2) is 0 Å². The number of carbonyl (C=O) groups is 1. The fourth-order valence-electron chi connectivity index (χ4n) is 1.82. The van der Waals surface area contributed by atoms with Gasteiger partial charge < -0.3 is 10.5 Å². The van der Waals surface area contributed by atoms with Crippen molar-refractivity contribution in [3.63, 3.8) is 0 Å². The maximum absolute atomic E-state index is 11.2. The van der Waals surface area contributed by atoms with Crippen LogP contribution in [0.3, 0.4) is 0 Å². The van der Waals surface area contributed by atoms with Gasteiger partial charge in [-0.15, -0.1) is 0 Å². The predicted octanol–water partition coefficient (Wildman–Crippen LogP) is -0.380. The minimum atomic E-state index is -0.722. The Morgan fingerprint density at radius 2 is 2.45 bits per heavy atom. The van der Waals surface area contributed by atoms with Crippen molar-refractivity contribution in [1.82, 2.24) is 5.32 Å². The van der Waals surface area contributed by atoms with Gasteiger partial charge >= 0.3 is 0 Å². The molecular weight excluding hydrogens is 144 g/mol. The lowest BCUT2D eigenvalue weighted by Crippen LogP contribution is -2.43.